The van der Waals surface area contributed by atoms with Crippen molar-refractivity contribution in [2.24, 2.45) is 0 Å². The molecule has 0 saturated carbocycles. The van der Waals surface area contributed by atoms with Crippen LogP contribution < -0.4 is 0 Å². The molecule has 0 aromatic rings. The second-order valence-corrected chi connectivity index (χ2v) is 6.92. The summed E-state index contributed by atoms with van der Waals surface area (Å²) in [6.45, 7) is 1.87. The van der Waals surface area contributed by atoms with Crippen LogP contribution in [0.1, 0.15) is 51.9 Å². The van der Waals surface area contributed by atoms with Crippen LogP contribution in [0.2, 0.25) is 0 Å². The quantitative estimate of drug-likeness (QED) is 0.358. The van der Waals surface area contributed by atoms with Gasteiger partial charge in [0.1, 0.15) is 6.10 Å². The third-order valence-electron chi connectivity index (χ3n) is 4.50. The molecule has 0 bridgehead atoms. The third kappa shape index (κ3) is 10.6. The van der Waals surface area contributed by atoms with E-state index in [9.17, 15) is 20.1 Å². The zero-order valence-electron chi connectivity index (χ0n) is 16.6. The molecule has 0 aromatic heterocycles. The fraction of sp³-hybridized carbons (Fsp3) is 0.591. The van der Waals surface area contributed by atoms with Crippen molar-refractivity contribution in [3.63, 3.8) is 0 Å². The van der Waals surface area contributed by atoms with E-state index in [0.717, 1.165) is 12.8 Å². The van der Waals surface area contributed by atoms with Crippen LogP contribution in [-0.4, -0.2) is 56.9 Å². The zero-order valence-corrected chi connectivity index (χ0v) is 16.6. The average molecular weight is 395 g/mol. The first-order valence-corrected chi connectivity index (χ1v) is 9.98. The lowest BCUT2D eigenvalue weighted by molar-refractivity contribution is -0.136. The molecule has 1 fully saturated rings. The number of carboxylic acid groups (broad SMARTS) is 1. The van der Waals surface area contributed by atoms with E-state index in [4.69, 9.17) is 9.84 Å². The van der Waals surface area contributed by atoms with Gasteiger partial charge in [0, 0.05) is 12.8 Å². The van der Waals surface area contributed by atoms with Gasteiger partial charge in [-0.05, 0) is 32.1 Å². The van der Waals surface area contributed by atoms with Gasteiger partial charge in [0.15, 0.2) is 0 Å². The zero-order chi connectivity index (χ0) is 20.8. The molecule has 1 rings (SSSR count). The fourth-order valence-corrected chi connectivity index (χ4v) is 2.77. The Labute approximate surface area is 167 Å². The molecular weight excluding hydrogens is 360 g/mol. The third-order valence-corrected chi connectivity index (χ3v) is 4.50. The Balaban J connectivity index is 2.22. The van der Waals surface area contributed by atoms with Gasteiger partial charge >= 0.3 is 5.97 Å². The van der Waals surface area contributed by atoms with Gasteiger partial charge in [0.2, 0.25) is 0 Å². The van der Waals surface area contributed by atoms with Gasteiger partial charge in [0.25, 0.3) is 0 Å². The Kier molecular flexibility index (Phi) is 12.4. The maximum Gasteiger partial charge on any atom is 0.303 e. The molecule has 28 heavy (non-hydrogen) atoms. The molecule has 5 atom stereocenters. The second kappa shape index (κ2) is 14.3. The summed E-state index contributed by atoms with van der Waals surface area (Å²) in [6.07, 6.45) is 15.9. The molecule has 1 aliphatic heterocycles. The molecule has 1 heterocycles. The van der Waals surface area contributed by atoms with E-state index >= 15 is 0 Å². The number of ether oxygens (including phenoxy) is 1. The number of hydrogen-bond donors (Lipinski definition) is 4. The summed E-state index contributed by atoms with van der Waals surface area (Å²) in [7, 11) is 0. The van der Waals surface area contributed by atoms with Crippen molar-refractivity contribution < 1.29 is 30.0 Å². The molecule has 6 nitrogen and oxygen atoms in total. The smallest absolute Gasteiger partial charge is 0.303 e. The lowest BCUT2D eigenvalue weighted by atomic mass is 10.0. The summed E-state index contributed by atoms with van der Waals surface area (Å²) in [5, 5.41) is 38.3. The Morgan fingerprint density at radius 2 is 1.75 bits per heavy atom. The van der Waals surface area contributed by atoms with E-state index in [1.54, 1.807) is 12.2 Å². The van der Waals surface area contributed by atoms with Crippen LogP contribution in [0.5, 0.6) is 0 Å². The lowest BCUT2D eigenvalue weighted by Crippen LogP contribution is -2.25. The van der Waals surface area contributed by atoms with Crippen LogP contribution in [0.15, 0.2) is 48.6 Å². The highest BCUT2D eigenvalue weighted by atomic mass is 16.5. The van der Waals surface area contributed by atoms with Crippen molar-refractivity contribution in [1.29, 1.82) is 0 Å². The van der Waals surface area contributed by atoms with Crippen molar-refractivity contribution in [3.8, 4) is 0 Å². The first-order valence-electron chi connectivity index (χ1n) is 9.98. The van der Waals surface area contributed by atoms with Gasteiger partial charge in [-0.3, -0.25) is 4.79 Å². The van der Waals surface area contributed by atoms with E-state index in [1.165, 1.54) is 0 Å². The van der Waals surface area contributed by atoms with E-state index in [0.29, 0.717) is 25.7 Å². The van der Waals surface area contributed by atoms with Gasteiger partial charge in [-0.15, -0.1) is 0 Å². The van der Waals surface area contributed by atoms with E-state index < -0.39 is 36.5 Å². The number of rotatable bonds is 13. The molecule has 6 heteroatoms. The van der Waals surface area contributed by atoms with Gasteiger partial charge < -0.3 is 25.2 Å². The topological polar surface area (TPSA) is 107 Å². The van der Waals surface area contributed by atoms with Crippen LogP contribution in [0.25, 0.3) is 0 Å². The largest absolute Gasteiger partial charge is 0.481 e. The number of carbonyl (C=O) groups is 1. The maximum atomic E-state index is 10.4. The highest BCUT2D eigenvalue weighted by Gasteiger charge is 2.35. The minimum atomic E-state index is -0.785. The highest BCUT2D eigenvalue weighted by molar-refractivity contribution is 5.66. The summed E-state index contributed by atoms with van der Waals surface area (Å²) < 4.78 is 5.70. The molecule has 0 spiro atoms. The molecule has 0 amide bonds. The summed E-state index contributed by atoms with van der Waals surface area (Å²) in [5.41, 5.74) is 0. The number of aliphatic carboxylic acids is 1. The Hall–Kier alpha value is -1.73. The lowest BCUT2D eigenvalue weighted by Gasteiger charge is -2.16. The Morgan fingerprint density at radius 3 is 2.39 bits per heavy atom. The highest BCUT2D eigenvalue weighted by Crippen LogP contribution is 2.25. The summed E-state index contributed by atoms with van der Waals surface area (Å²) >= 11 is 0. The van der Waals surface area contributed by atoms with Gasteiger partial charge in [0.05, 0.1) is 24.4 Å². The summed E-state index contributed by atoms with van der Waals surface area (Å²) in [6, 6.07) is 0. The van der Waals surface area contributed by atoms with Gasteiger partial charge in [-0.25, -0.2) is 0 Å². The van der Waals surface area contributed by atoms with Crippen molar-refractivity contribution in [1.82, 2.24) is 0 Å². The first kappa shape index (κ1) is 24.3. The second-order valence-electron chi connectivity index (χ2n) is 6.92. The van der Waals surface area contributed by atoms with Crippen LogP contribution in [0.4, 0.5) is 0 Å². The monoisotopic (exact) mass is 394 g/mol. The molecular formula is C22H34O6. The van der Waals surface area contributed by atoms with Crippen molar-refractivity contribution in [2.45, 2.75) is 82.4 Å². The van der Waals surface area contributed by atoms with Crippen molar-refractivity contribution >= 4 is 5.97 Å². The van der Waals surface area contributed by atoms with Gasteiger partial charge in [-0.1, -0.05) is 55.5 Å². The molecule has 158 valence electrons. The molecule has 4 N–H and O–H groups in total. The average Bonchev–Trinajstić information content (AvgIpc) is 3.04. The van der Waals surface area contributed by atoms with Crippen LogP contribution >= 0.6 is 0 Å². The van der Waals surface area contributed by atoms with Crippen molar-refractivity contribution in [3.05, 3.63) is 48.6 Å². The molecule has 1 saturated heterocycles. The van der Waals surface area contributed by atoms with Gasteiger partial charge in [-0.2, -0.15) is 0 Å². The SMILES string of the molecule is CCC(O)/C=C/C1OC(C(O)C/C=C\C/C=C\C/C=C\CCC(=O)O)CC1O. The number of hydrogen-bond acceptors (Lipinski definition) is 5. The molecule has 5 unspecified atom stereocenters. The Morgan fingerprint density at radius 1 is 1.11 bits per heavy atom. The summed E-state index contributed by atoms with van der Waals surface area (Å²) in [4.78, 5) is 10.4. The van der Waals surface area contributed by atoms with Crippen molar-refractivity contribution in [2.75, 3.05) is 0 Å². The maximum absolute atomic E-state index is 10.4. The standard InChI is InChI=1S/C22H34O6/c1-2-17(23)14-15-20-19(25)16-21(28-20)18(24)12-10-8-6-4-3-5-7-9-11-13-22(26)27/h3-4,7-10,14-15,17-21,23-25H,2,5-6,11-13,16H2,1H3,(H,26,27)/b4-3-,9-7-,10-8-,15-14+. The Bertz CT molecular complexity index is 551. The van der Waals surface area contributed by atoms with E-state index in [2.05, 4.69) is 0 Å². The molecule has 1 aliphatic rings. The number of aliphatic hydroxyl groups excluding tert-OH is 3. The molecule has 0 aliphatic carbocycles. The minimum Gasteiger partial charge on any atom is -0.481 e. The number of aliphatic hydroxyl groups is 3. The molecule has 0 aromatic carbocycles. The van der Waals surface area contributed by atoms with Crippen LogP contribution in [-0.2, 0) is 9.53 Å². The van der Waals surface area contributed by atoms with E-state index in [-0.39, 0.29) is 6.42 Å². The first-order chi connectivity index (χ1) is 13.4. The normalized spacial score (nSPS) is 25.5. The fourth-order valence-electron chi connectivity index (χ4n) is 2.77. The number of allylic oxidation sites excluding steroid dienone is 5. The molecule has 0 radical (unpaired) electrons. The van der Waals surface area contributed by atoms with E-state index in [1.807, 2.05) is 43.4 Å². The van der Waals surface area contributed by atoms with Crippen LogP contribution in [0, 0.1) is 0 Å². The minimum absolute atomic E-state index is 0.157. The van der Waals surface area contributed by atoms with Crippen LogP contribution in [0.3, 0.4) is 0 Å². The predicted octanol–water partition coefficient (Wildman–Crippen LogP) is 2.90. The predicted molar refractivity (Wildman–Crippen MR) is 109 cm³/mol. The number of carboxylic acids is 1. The summed E-state index contributed by atoms with van der Waals surface area (Å²) in [5.74, 6) is -0.785.